The highest BCUT2D eigenvalue weighted by molar-refractivity contribution is 5.16. The number of aryl methyl sites for hydroxylation is 1. The van der Waals surface area contributed by atoms with Crippen molar-refractivity contribution in [2.75, 3.05) is 13.2 Å². The van der Waals surface area contributed by atoms with Gasteiger partial charge in [0.05, 0.1) is 19.8 Å². The van der Waals surface area contributed by atoms with Crippen LogP contribution in [-0.4, -0.2) is 25.1 Å². The van der Waals surface area contributed by atoms with E-state index in [-0.39, 0.29) is 11.9 Å². The van der Waals surface area contributed by atoms with Crippen molar-refractivity contribution in [3.05, 3.63) is 83.4 Å². The zero-order valence-corrected chi connectivity index (χ0v) is 16.5. The first-order valence-electron chi connectivity index (χ1n) is 10.5. The average molecular weight is 379 g/mol. The number of benzene rings is 2. The summed E-state index contributed by atoms with van der Waals surface area (Å²) in [4.78, 5) is 0. The van der Waals surface area contributed by atoms with Crippen molar-refractivity contribution >= 4 is 0 Å². The quantitative estimate of drug-likeness (QED) is 0.600. The fraction of sp³-hybridized carbons (Fsp3) is 0.440. The summed E-state index contributed by atoms with van der Waals surface area (Å²) in [7, 11) is 0. The maximum atomic E-state index is 6.28. The molecule has 2 aliphatic rings. The molecule has 2 aromatic carbocycles. The molecular formula is C25H30O3. The van der Waals surface area contributed by atoms with E-state index < -0.39 is 0 Å². The molecule has 0 amide bonds. The molecular weight excluding hydrogens is 348 g/mol. The zero-order chi connectivity index (χ0) is 19.1. The maximum absolute atomic E-state index is 6.28. The lowest BCUT2D eigenvalue weighted by molar-refractivity contribution is -0.187. The molecule has 148 valence electrons. The molecule has 1 saturated heterocycles. The topological polar surface area (TPSA) is 27.7 Å². The van der Waals surface area contributed by atoms with Crippen molar-refractivity contribution in [2.45, 2.75) is 57.0 Å². The van der Waals surface area contributed by atoms with Crippen molar-refractivity contribution in [3.63, 3.8) is 0 Å². The molecule has 2 aromatic rings. The number of hydrogen-bond donors (Lipinski definition) is 0. The molecule has 0 aromatic heterocycles. The van der Waals surface area contributed by atoms with Gasteiger partial charge in [0, 0.05) is 12.8 Å². The van der Waals surface area contributed by atoms with Crippen molar-refractivity contribution in [3.8, 4) is 0 Å². The summed E-state index contributed by atoms with van der Waals surface area (Å²) < 4.78 is 18.2. The van der Waals surface area contributed by atoms with Gasteiger partial charge in [0.1, 0.15) is 6.10 Å². The molecule has 0 bridgehead atoms. The van der Waals surface area contributed by atoms with Crippen LogP contribution in [0.3, 0.4) is 0 Å². The molecule has 1 heterocycles. The first-order chi connectivity index (χ1) is 13.8. The first kappa shape index (κ1) is 19.4. The van der Waals surface area contributed by atoms with Crippen LogP contribution in [-0.2, 0) is 27.2 Å². The van der Waals surface area contributed by atoms with Crippen LogP contribution >= 0.6 is 0 Å². The Morgan fingerprint density at radius 2 is 1.61 bits per heavy atom. The highest BCUT2D eigenvalue weighted by Gasteiger charge is 2.43. The summed E-state index contributed by atoms with van der Waals surface area (Å²) in [6.45, 7) is 1.86. The van der Waals surface area contributed by atoms with E-state index in [9.17, 15) is 0 Å². The predicted octanol–water partition coefficient (Wildman–Crippen LogP) is 5.45. The molecule has 1 unspecified atom stereocenters. The lowest BCUT2D eigenvalue weighted by atomic mass is 9.89. The maximum Gasteiger partial charge on any atom is 0.169 e. The fourth-order valence-corrected chi connectivity index (χ4v) is 4.09. The highest BCUT2D eigenvalue weighted by Crippen LogP contribution is 2.40. The van der Waals surface area contributed by atoms with E-state index in [0.717, 1.165) is 38.5 Å². The Bertz CT molecular complexity index is 744. The van der Waals surface area contributed by atoms with Gasteiger partial charge in [-0.05, 0) is 36.8 Å². The lowest BCUT2D eigenvalue weighted by Crippen LogP contribution is -2.34. The van der Waals surface area contributed by atoms with Crippen molar-refractivity contribution in [1.29, 1.82) is 0 Å². The Kier molecular flexibility index (Phi) is 6.58. The van der Waals surface area contributed by atoms with E-state index in [1.54, 1.807) is 5.57 Å². The summed E-state index contributed by atoms with van der Waals surface area (Å²) >= 11 is 0. The monoisotopic (exact) mass is 378 g/mol. The molecule has 4 rings (SSSR count). The summed E-state index contributed by atoms with van der Waals surface area (Å²) in [5.74, 6) is -0.377. The SMILES string of the molecule is C(CCc1ccccc1)=C1CCC2(CC1)OCC(COCc1ccccc1)O2. The Labute approximate surface area is 168 Å². The molecule has 0 N–H and O–H groups in total. The predicted molar refractivity (Wildman–Crippen MR) is 111 cm³/mol. The van der Waals surface area contributed by atoms with Crippen LogP contribution in [0.2, 0.25) is 0 Å². The van der Waals surface area contributed by atoms with E-state index in [1.807, 2.05) is 18.2 Å². The smallest absolute Gasteiger partial charge is 0.169 e. The molecule has 1 saturated carbocycles. The fourth-order valence-electron chi connectivity index (χ4n) is 4.09. The number of ether oxygens (including phenoxy) is 3. The Morgan fingerprint density at radius 1 is 0.929 bits per heavy atom. The molecule has 1 atom stereocenters. The van der Waals surface area contributed by atoms with Gasteiger partial charge in [-0.25, -0.2) is 0 Å². The van der Waals surface area contributed by atoms with E-state index in [1.165, 1.54) is 11.1 Å². The minimum Gasteiger partial charge on any atom is -0.374 e. The largest absolute Gasteiger partial charge is 0.374 e. The molecule has 3 nitrogen and oxygen atoms in total. The average Bonchev–Trinajstić information content (AvgIpc) is 3.14. The molecule has 1 aliphatic carbocycles. The van der Waals surface area contributed by atoms with E-state index in [2.05, 4.69) is 48.5 Å². The Hall–Kier alpha value is -1.94. The minimum atomic E-state index is -0.377. The van der Waals surface area contributed by atoms with Gasteiger partial charge in [0.15, 0.2) is 5.79 Å². The van der Waals surface area contributed by atoms with Crippen molar-refractivity contribution < 1.29 is 14.2 Å². The van der Waals surface area contributed by atoms with Gasteiger partial charge < -0.3 is 14.2 Å². The van der Waals surface area contributed by atoms with Crippen LogP contribution in [0.1, 0.15) is 43.2 Å². The van der Waals surface area contributed by atoms with E-state index >= 15 is 0 Å². The van der Waals surface area contributed by atoms with Gasteiger partial charge >= 0.3 is 0 Å². The standard InChI is InChI=1S/C25H30O3/c1-3-8-21(9-4-1)12-7-13-22-14-16-25(17-15-22)27-20-24(28-25)19-26-18-23-10-5-2-6-11-23/h1-6,8-11,13,24H,7,12,14-20H2. The molecule has 3 heteroatoms. The third-order valence-electron chi connectivity index (χ3n) is 5.69. The summed E-state index contributed by atoms with van der Waals surface area (Å²) in [5.41, 5.74) is 4.16. The van der Waals surface area contributed by atoms with Gasteiger partial charge in [-0.2, -0.15) is 0 Å². The minimum absolute atomic E-state index is 0.0484. The molecule has 2 fully saturated rings. The Morgan fingerprint density at radius 3 is 2.32 bits per heavy atom. The molecule has 0 radical (unpaired) electrons. The molecule has 1 aliphatic heterocycles. The normalized spacial score (nSPS) is 24.6. The zero-order valence-electron chi connectivity index (χ0n) is 16.5. The van der Waals surface area contributed by atoms with Gasteiger partial charge in [-0.1, -0.05) is 72.3 Å². The second kappa shape index (κ2) is 9.51. The van der Waals surface area contributed by atoms with E-state index in [0.29, 0.717) is 19.8 Å². The van der Waals surface area contributed by atoms with Gasteiger partial charge in [-0.15, -0.1) is 0 Å². The highest BCUT2D eigenvalue weighted by atomic mass is 16.7. The van der Waals surface area contributed by atoms with Crippen molar-refractivity contribution in [2.24, 2.45) is 0 Å². The lowest BCUT2D eigenvalue weighted by Gasteiger charge is -2.33. The summed E-state index contributed by atoms with van der Waals surface area (Å²) in [5, 5.41) is 0. The van der Waals surface area contributed by atoms with Crippen LogP contribution in [0.25, 0.3) is 0 Å². The second-order valence-corrected chi connectivity index (χ2v) is 7.85. The van der Waals surface area contributed by atoms with Gasteiger partial charge in [0.25, 0.3) is 0 Å². The van der Waals surface area contributed by atoms with E-state index in [4.69, 9.17) is 14.2 Å². The van der Waals surface area contributed by atoms with Crippen LogP contribution in [0.15, 0.2) is 72.3 Å². The van der Waals surface area contributed by atoms with Crippen LogP contribution < -0.4 is 0 Å². The molecule has 1 spiro atoms. The summed E-state index contributed by atoms with van der Waals surface area (Å²) in [6, 6.07) is 21.0. The number of allylic oxidation sites excluding steroid dienone is 2. The Balaban J connectivity index is 1.17. The number of hydrogen-bond acceptors (Lipinski definition) is 3. The molecule has 28 heavy (non-hydrogen) atoms. The number of rotatable bonds is 7. The first-order valence-corrected chi connectivity index (χ1v) is 10.5. The van der Waals surface area contributed by atoms with Gasteiger partial charge in [-0.3, -0.25) is 0 Å². The van der Waals surface area contributed by atoms with Crippen LogP contribution in [0.4, 0.5) is 0 Å². The third kappa shape index (κ3) is 5.32. The van der Waals surface area contributed by atoms with Crippen LogP contribution in [0, 0.1) is 0 Å². The van der Waals surface area contributed by atoms with Crippen molar-refractivity contribution in [1.82, 2.24) is 0 Å². The van der Waals surface area contributed by atoms with Crippen LogP contribution in [0.5, 0.6) is 0 Å². The van der Waals surface area contributed by atoms with Gasteiger partial charge in [0.2, 0.25) is 0 Å². The third-order valence-corrected chi connectivity index (χ3v) is 5.69. The second-order valence-electron chi connectivity index (χ2n) is 7.85. The summed E-state index contributed by atoms with van der Waals surface area (Å²) in [6.07, 6.45) is 8.77.